The van der Waals surface area contributed by atoms with Crippen LogP contribution in [-0.2, 0) is 6.54 Å². The standard InChI is InChI=1S/C17H22N2O3/c1-3-21-16-8-4-6-13(17(16)20)11-19-9-5-7-15(19)14-10-12(2)22-18-14/h4,6,8,10,15,20H,3,5,7,9,11H2,1-2H3/t15-/m1/s1. The van der Waals surface area contributed by atoms with Crippen molar-refractivity contribution in [2.75, 3.05) is 13.2 Å². The van der Waals surface area contributed by atoms with E-state index >= 15 is 0 Å². The number of hydrogen-bond acceptors (Lipinski definition) is 5. The normalized spacial score (nSPS) is 18.7. The Morgan fingerprint density at radius 1 is 1.45 bits per heavy atom. The molecule has 0 radical (unpaired) electrons. The molecule has 22 heavy (non-hydrogen) atoms. The maximum absolute atomic E-state index is 10.4. The second kappa shape index (κ2) is 6.40. The maximum Gasteiger partial charge on any atom is 0.162 e. The Morgan fingerprint density at radius 3 is 3.05 bits per heavy atom. The van der Waals surface area contributed by atoms with Gasteiger partial charge in [-0.05, 0) is 39.3 Å². The Hall–Kier alpha value is -2.01. The number of para-hydroxylation sites is 1. The van der Waals surface area contributed by atoms with E-state index in [0.29, 0.717) is 18.9 Å². The minimum absolute atomic E-state index is 0.242. The van der Waals surface area contributed by atoms with Gasteiger partial charge < -0.3 is 14.4 Å². The Bertz CT molecular complexity index is 639. The van der Waals surface area contributed by atoms with Crippen LogP contribution in [-0.4, -0.2) is 28.3 Å². The predicted octanol–water partition coefficient (Wildman–Crippen LogP) is 3.42. The van der Waals surface area contributed by atoms with Gasteiger partial charge in [0.05, 0.1) is 12.6 Å². The number of rotatable bonds is 5. The molecule has 1 saturated heterocycles. The van der Waals surface area contributed by atoms with Crippen LogP contribution in [0.4, 0.5) is 0 Å². The topological polar surface area (TPSA) is 58.7 Å². The van der Waals surface area contributed by atoms with Gasteiger partial charge in [0.15, 0.2) is 11.5 Å². The number of phenols is 1. The van der Waals surface area contributed by atoms with E-state index in [1.54, 1.807) is 6.07 Å². The second-order valence-corrected chi connectivity index (χ2v) is 5.69. The third kappa shape index (κ3) is 2.95. The van der Waals surface area contributed by atoms with E-state index in [9.17, 15) is 5.11 Å². The van der Waals surface area contributed by atoms with Crippen LogP contribution in [0.15, 0.2) is 28.8 Å². The van der Waals surface area contributed by atoms with Crippen molar-refractivity contribution in [2.24, 2.45) is 0 Å². The Kier molecular flexibility index (Phi) is 4.34. The fraction of sp³-hybridized carbons (Fsp3) is 0.471. The molecular formula is C17H22N2O3. The summed E-state index contributed by atoms with van der Waals surface area (Å²) in [6, 6.07) is 7.92. The summed E-state index contributed by atoms with van der Waals surface area (Å²) in [7, 11) is 0. The number of aromatic hydroxyl groups is 1. The highest BCUT2D eigenvalue weighted by Gasteiger charge is 2.29. The molecule has 5 nitrogen and oxygen atoms in total. The number of aromatic nitrogens is 1. The molecule has 0 aliphatic carbocycles. The summed E-state index contributed by atoms with van der Waals surface area (Å²) in [6.07, 6.45) is 2.19. The van der Waals surface area contributed by atoms with Crippen molar-refractivity contribution < 1.29 is 14.4 Å². The van der Waals surface area contributed by atoms with E-state index in [-0.39, 0.29) is 11.8 Å². The van der Waals surface area contributed by atoms with Crippen molar-refractivity contribution in [1.29, 1.82) is 0 Å². The average Bonchev–Trinajstić information content (AvgIpc) is 3.12. The molecule has 1 aliphatic heterocycles. The van der Waals surface area contributed by atoms with E-state index in [1.165, 1.54) is 0 Å². The van der Waals surface area contributed by atoms with Crippen LogP contribution in [0.1, 0.15) is 42.8 Å². The van der Waals surface area contributed by atoms with Gasteiger partial charge in [-0.1, -0.05) is 17.3 Å². The first-order valence-corrected chi connectivity index (χ1v) is 7.80. The molecule has 3 rings (SSSR count). The largest absolute Gasteiger partial charge is 0.504 e. The summed E-state index contributed by atoms with van der Waals surface area (Å²) in [4.78, 5) is 2.34. The monoisotopic (exact) mass is 302 g/mol. The zero-order valence-electron chi connectivity index (χ0n) is 13.1. The van der Waals surface area contributed by atoms with E-state index in [0.717, 1.165) is 36.4 Å². The highest BCUT2D eigenvalue weighted by molar-refractivity contribution is 5.45. The predicted molar refractivity (Wildman–Crippen MR) is 82.9 cm³/mol. The molecule has 1 aromatic carbocycles. The van der Waals surface area contributed by atoms with Gasteiger partial charge in [-0.3, -0.25) is 4.90 Å². The minimum atomic E-state index is 0.242. The van der Waals surface area contributed by atoms with Gasteiger partial charge in [0.25, 0.3) is 0 Å². The number of phenolic OH excluding ortho intramolecular Hbond substituents is 1. The molecule has 5 heteroatoms. The third-order valence-corrected chi connectivity index (χ3v) is 4.11. The quantitative estimate of drug-likeness (QED) is 0.917. The minimum Gasteiger partial charge on any atom is -0.504 e. The first-order valence-electron chi connectivity index (χ1n) is 7.80. The first kappa shape index (κ1) is 14.9. The highest BCUT2D eigenvalue weighted by Crippen LogP contribution is 2.36. The smallest absolute Gasteiger partial charge is 0.162 e. The van der Waals surface area contributed by atoms with Gasteiger partial charge in [0, 0.05) is 18.2 Å². The summed E-state index contributed by atoms with van der Waals surface area (Å²) in [5.74, 6) is 1.63. The van der Waals surface area contributed by atoms with Gasteiger partial charge in [-0.25, -0.2) is 0 Å². The van der Waals surface area contributed by atoms with Crippen molar-refractivity contribution in [3.05, 3.63) is 41.3 Å². The van der Waals surface area contributed by atoms with Crippen LogP contribution in [0.2, 0.25) is 0 Å². The molecular weight excluding hydrogens is 280 g/mol. The van der Waals surface area contributed by atoms with E-state index in [1.807, 2.05) is 32.0 Å². The van der Waals surface area contributed by atoms with Gasteiger partial charge >= 0.3 is 0 Å². The van der Waals surface area contributed by atoms with Gasteiger partial charge in [-0.2, -0.15) is 0 Å². The molecule has 1 fully saturated rings. The Balaban J connectivity index is 1.79. The Labute approximate surface area is 130 Å². The summed E-state index contributed by atoms with van der Waals surface area (Å²) in [5.41, 5.74) is 1.87. The average molecular weight is 302 g/mol. The lowest BCUT2D eigenvalue weighted by atomic mass is 10.1. The number of aryl methyl sites for hydroxylation is 1. The fourth-order valence-corrected chi connectivity index (χ4v) is 3.08. The first-order chi connectivity index (χ1) is 10.7. The SMILES string of the molecule is CCOc1cccc(CN2CCC[C@@H]2c2cc(C)on2)c1O. The lowest BCUT2D eigenvalue weighted by molar-refractivity contribution is 0.232. The van der Waals surface area contributed by atoms with E-state index < -0.39 is 0 Å². The summed E-state index contributed by atoms with van der Waals surface area (Å²) in [5, 5.41) is 14.5. The second-order valence-electron chi connectivity index (χ2n) is 5.69. The van der Waals surface area contributed by atoms with Crippen molar-refractivity contribution in [1.82, 2.24) is 10.1 Å². The fourth-order valence-electron chi connectivity index (χ4n) is 3.08. The van der Waals surface area contributed by atoms with E-state index in [4.69, 9.17) is 9.26 Å². The molecule has 2 aromatic rings. The summed E-state index contributed by atoms with van der Waals surface area (Å²) in [6.45, 7) is 6.04. The van der Waals surface area contributed by atoms with Gasteiger partial charge in [-0.15, -0.1) is 0 Å². The molecule has 118 valence electrons. The molecule has 0 saturated carbocycles. The zero-order valence-corrected chi connectivity index (χ0v) is 13.1. The van der Waals surface area contributed by atoms with Crippen LogP contribution >= 0.6 is 0 Å². The van der Waals surface area contributed by atoms with Crippen LogP contribution in [0.25, 0.3) is 0 Å². The van der Waals surface area contributed by atoms with Crippen molar-refractivity contribution in [2.45, 2.75) is 39.3 Å². The molecule has 1 N–H and O–H groups in total. The molecule has 0 unspecified atom stereocenters. The van der Waals surface area contributed by atoms with E-state index in [2.05, 4.69) is 10.1 Å². The molecule has 1 aliphatic rings. The molecule has 0 spiro atoms. The van der Waals surface area contributed by atoms with Gasteiger partial charge in [0.2, 0.25) is 0 Å². The number of benzene rings is 1. The van der Waals surface area contributed by atoms with Crippen LogP contribution in [0.5, 0.6) is 11.5 Å². The van der Waals surface area contributed by atoms with Crippen molar-refractivity contribution in [3.63, 3.8) is 0 Å². The van der Waals surface area contributed by atoms with Crippen LogP contribution in [0, 0.1) is 6.92 Å². The molecule has 1 atom stereocenters. The van der Waals surface area contributed by atoms with Gasteiger partial charge in [0.1, 0.15) is 11.5 Å². The number of ether oxygens (including phenoxy) is 1. The summed E-state index contributed by atoms with van der Waals surface area (Å²) >= 11 is 0. The number of likely N-dealkylation sites (tertiary alicyclic amines) is 1. The lowest BCUT2D eigenvalue weighted by Crippen LogP contribution is -2.23. The van der Waals surface area contributed by atoms with Crippen LogP contribution in [0.3, 0.4) is 0 Å². The third-order valence-electron chi connectivity index (χ3n) is 4.11. The van der Waals surface area contributed by atoms with Crippen molar-refractivity contribution in [3.8, 4) is 11.5 Å². The van der Waals surface area contributed by atoms with Crippen LogP contribution < -0.4 is 4.74 Å². The highest BCUT2D eigenvalue weighted by atomic mass is 16.5. The molecule has 2 heterocycles. The Morgan fingerprint density at radius 2 is 2.32 bits per heavy atom. The maximum atomic E-state index is 10.4. The van der Waals surface area contributed by atoms with Crippen molar-refractivity contribution >= 4 is 0 Å². The zero-order chi connectivity index (χ0) is 15.5. The number of nitrogens with zero attached hydrogens (tertiary/aromatic N) is 2. The molecule has 0 bridgehead atoms. The molecule has 0 amide bonds. The lowest BCUT2D eigenvalue weighted by Gasteiger charge is -2.23. The summed E-state index contributed by atoms with van der Waals surface area (Å²) < 4.78 is 10.7. The number of hydrogen-bond donors (Lipinski definition) is 1. The molecule has 1 aromatic heterocycles.